The number of aliphatic hydroxyl groups excluding tert-OH is 1. The van der Waals surface area contributed by atoms with Crippen LogP contribution in [-0.4, -0.2) is 12.2 Å². The minimum Gasteiger partial charge on any atom is -0.497 e. The van der Waals surface area contributed by atoms with E-state index in [9.17, 15) is 5.11 Å². The number of ether oxygens (including phenoxy) is 1. The summed E-state index contributed by atoms with van der Waals surface area (Å²) in [4.78, 5) is 4.49. The van der Waals surface area contributed by atoms with Crippen molar-refractivity contribution in [1.82, 2.24) is 0 Å². The maximum atomic E-state index is 9.54. The van der Waals surface area contributed by atoms with Crippen molar-refractivity contribution in [1.29, 1.82) is 0 Å². The number of methoxy groups -OCH3 is 1. The number of rotatable bonds is 12. The molecule has 0 saturated carbocycles. The Morgan fingerprint density at radius 1 is 0.389 bits per heavy atom. The van der Waals surface area contributed by atoms with Crippen LogP contribution >= 0.6 is 0 Å². The van der Waals surface area contributed by atoms with Gasteiger partial charge in [-0.25, -0.2) is 0 Å². The van der Waals surface area contributed by atoms with Crippen molar-refractivity contribution in [3.8, 4) is 5.75 Å². The van der Waals surface area contributed by atoms with Gasteiger partial charge in [-0.3, -0.25) is 0 Å². The highest BCUT2D eigenvalue weighted by atomic mass is 16.5. The number of anilines is 6. The van der Waals surface area contributed by atoms with Crippen LogP contribution in [0, 0.1) is 13.8 Å². The van der Waals surface area contributed by atoms with Crippen LogP contribution in [0.1, 0.15) is 38.9 Å². The number of hydrogen-bond acceptors (Lipinski definition) is 4. The summed E-state index contributed by atoms with van der Waals surface area (Å²) in [5.74, 6) is 0.836. The van der Waals surface area contributed by atoms with Gasteiger partial charge >= 0.3 is 0 Å². The zero-order chi connectivity index (χ0) is 37.3. The maximum absolute atomic E-state index is 9.54. The summed E-state index contributed by atoms with van der Waals surface area (Å²) in [5, 5.41) is 9.54. The number of aryl methyl sites for hydroxylation is 2. The molecule has 7 aromatic carbocycles. The van der Waals surface area contributed by atoms with Gasteiger partial charge in [-0.1, -0.05) is 120 Å². The third-order valence-electron chi connectivity index (χ3n) is 9.47. The molecule has 0 atom stereocenters. The van der Waals surface area contributed by atoms with Gasteiger partial charge in [-0.05, 0) is 127 Å². The Balaban J connectivity index is 1.02. The third kappa shape index (κ3) is 8.70. The van der Waals surface area contributed by atoms with Crippen LogP contribution in [0.4, 0.5) is 34.1 Å². The fourth-order valence-corrected chi connectivity index (χ4v) is 6.34. The molecular weight excluding hydrogens is 661 g/mol. The van der Waals surface area contributed by atoms with Crippen molar-refractivity contribution in [2.75, 3.05) is 16.9 Å². The maximum Gasteiger partial charge on any atom is 0.119 e. The second-order valence-corrected chi connectivity index (χ2v) is 13.4. The van der Waals surface area contributed by atoms with Crippen molar-refractivity contribution in [2.45, 2.75) is 20.5 Å². The SMILES string of the molecule is COc1ccc(N(c2ccc(C)cc2)c2ccc(C=Cc3ccc(C=Cc4ccc(N(c5ccc(C)cc5)c5ccc(CO)cc5)cc4)cc3)cc2)cc1. The fraction of sp³-hybridized carbons (Fsp3) is 0.0800. The van der Waals surface area contributed by atoms with Gasteiger partial charge in [0, 0.05) is 34.1 Å². The normalized spacial score (nSPS) is 11.3. The summed E-state index contributed by atoms with van der Waals surface area (Å²) in [7, 11) is 1.69. The van der Waals surface area contributed by atoms with Crippen LogP contribution < -0.4 is 14.5 Å². The lowest BCUT2D eigenvalue weighted by Gasteiger charge is -2.26. The molecule has 0 saturated heterocycles. The van der Waals surface area contributed by atoms with Gasteiger partial charge in [0.1, 0.15) is 5.75 Å². The highest BCUT2D eigenvalue weighted by Gasteiger charge is 2.14. The molecule has 0 unspecified atom stereocenters. The van der Waals surface area contributed by atoms with E-state index in [1.807, 2.05) is 24.3 Å². The first kappa shape index (κ1) is 35.8. The largest absolute Gasteiger partial charge is 0.497 e. The summed E-state index contributed by atoms with van der Waals surface area (Å²) in [6.07, 6.45) is 8.60. The Kier molecular flexibility index (Phi) is 11.1. The average Bonchev–Trinajstić information content (AvgIpc) is 3.23. The first-order chi connectivity index (χ1) is 26.4. The molecule has 0 amide bonds. The minimum atomic E-state index is 0.0294. The van der Waals surface area contributed by atoms with Gasteiger partial charge in [0.25, 0.3) is 0 Å². The Hall–Kier alpha value is -6.62. The molecule has 0 aliphatic heterocycles. The van der Waals surface area contributed by atoms with Gasteiger partial charge in [0.15, 0.2) is 0 Å². The molecule has 0 heterocycles. The molecule has 266 valence electrons. The second kappa shape index (κ2) is 16.8. The number of aliphatic hydroxyl groups is 1. The van der Waals surface area contributed by atoms with E-state index in [1.54, 1.807) is 7.11 Å². The van der Waals surface area contributed by atoms with E-state index < -0.39 is 0 Å². The van der Waals surface area contributed by atoms with Gasteiger partial charge in [-0.15, -0.1) is 0 Å². The van der Waals surface area contributed by atoms with E-state index in [2.05, 4.69) is 194 Å². The lowest BCUT2D eigenvalue weighted by atomic mass is 10.1. The monoisotopic (exact) mass is 704 g/mol. The van der Waals surface area contributed by atoms with E-state index in [0.29, 0.717) is 0 Å². The van der Waals surface area contributed by atoms with Crippen LogP contribution in [0.2, 0.25) is 0 Å². The molecule has 0 aromatic heterocycles. The molecule has 0 aliphatic rings. The lowest BCUT2D eigenvalue weighted by Crippen LogP contribution is -2.10. The minimum absolute atomic E-state index is 0.0294. The van der Waals surface area contributed by atoms with Crippen LogP contribution in [0.15, 0.2) is 170 Å². The van der Waals surface area contributed by atoms with Gasteiger partial charge in [0.2, 0.25) is 0 Å². The van der Waals surface area contributed by atoms with E-state index in [1.165, 1.54) is 11.1 Å². The standard InChI is InChI=1S/C50H44N2O2/c1-37-4-22-44(23-5-37)51(48-30-20-43(36-53)21-31-48)46-26-16-41(17-27-46)14-12-39-8-10-40(11-9-39)13-15-42-18-28-47(29-19-42)52(45-24-6-38(2)7-25-45)49-32-34-50(54-3)35-33-49/h4-35,53H,36H2,1-3H3. The van der Waals surface area contributed by atoms with Crippen molar-refractivity contribution in [3.05, 3.63) is 209 Å². The zero-order valence-electron chi connectivity index (χ0n) is 30.9. The van der Waals surface area contributed by atoms with Gasteiger partial charge < -0.3 is 19.6 Å². The number of benzene rings is 7. The molecule has 4 heteroatoms. The predicted molar refractivity (Wildman–Crippen MR) is 228 cm³/mol. The summed E-state index contributed by atoms with van der Waals surface area (Å²) >= 11 is 0. The van der Waals surface area contributed by atoms with Crippen molar-refractivity contribution in [3.63, 3.8) is 0 Å². The smallest absolute Gasteiger partial charge is 0.119 e. The van der Waals surface area contributed by atoms with Gasteiger partial charge in [-0.2, -0.15) is 0 Å². The highest BCUT2D eigenvalue weighted by Crippen LogP contribution is 2.37. The van der Waals surface area contributed by atoms with Crippen molar-refractivity contribution >= 4 is 58.4 Å². The molecule has 1 N–H and O–H groups in total. The van der Waals surface area contributed by atoms with Crippen LogP contribution in [0.5, 0.6) is 5.75 Å². The second-order valence-electron chi connectivity index (χ2n) is 13.4. The quantitative estimate of drug-likeness (QED) is 0.128. The van der Waals surface area contributed by atoms with Crippen LogP contribution in [0.25, 0.3) is 24.3 Å². The zero-order valence-corrected chi connectivity index (χ0v) is 30.9. The summed E-state index contributed by atoms with van der Waals surface area (Å²) in [6.45, 7) is 4.24. The van der Waals surface area contributed by atoms with Crippen LogP contribution in [0.3, 0.4) is 0 Å². The van der Waals surface area contributed by atoms with Crippen molar-refractivity contribution < 1.29 is 9.84 Å². The highest BCUT2D eigenvalue weighted by molar-refractivity contribution is 5.80. The fourth-order valence-electron chi connectivity index (χ4n) is 6.34. The summed E-state index contributed by atoms with van der Waals surface area (Å²) in [5.41, 5.74) is 14.3. The van der Waals surface area contributed by atoms with E-state index >= 15 is 0 Å². The molecule has 7 aromatic rings. The van der Waals surface area contributed by atoms with Gasteiger partial charge in [0.05, 0.1) is 13.7 Å². The Morgan fingerprint density at radius 2 is 0.648 bits per heavy atom. The van der Waals surface area contributed by atoms with E-state index in [4.69, 9.17) is 4.74 Å². The molecule has 7 rings (SSSR count). The number of nitrogens with zero attached hydrogens (tertiary/aromatic N) is 2. The molecule has 54 heavy (non-hydrogen) atoms. The number of hydrogen-bond donors (Lipinski definition) is 1. The molecular formula is C50H44N2O2. The Morgan fingerprint density at radius 3 is 0.944 bits per heavy atom. The topological polar surface area (TPSA) is 35.9 Å². The molecule has 0 aliphatic carbocycles. The van der Waals surface area contributed by atoms with Crippen LogP contribution in [-0.2, 0) is 6.61 Å². The first-order valence-corrected chi connectivity index (χ1v) is 18.2. The predicted octanol–water partition coefficient (Wildman–Crippen LogP) is 13.1. The lowest BCUT2D eigenvalue weighted by molar-refractivity contribution is 0.282. The van der Waals surface area contributed by atoms with E-state index in [-0.39, 0.29) is 6.61 Å². The van der Waals surface area contributed by atoms with Crippen molar-refractivity contribution in [2.24, 2.45) is 0 Å². The summed E-state index contributed by atoms with van der Waals surface area (Å²) < 4.78 is 5.40. The average molecular weight is 705 g/mol. The third-order valence-corrected chi connectivity index (χ3v) is 9.47. The van der Waals surface area contributed by atoms with E-state index in [0.717, 1.165) is 67.7 Å². The Labute approximate surface area is 319 Å². The molecule has 0 spiro atoms. The molecule has 0 bridgehead atoms. The summed E-state index contributed by atoms with van der Waals surface area (Å²) in [6, 6.07) is 59.2. The molecule has 0 radical (unpaired) electrons. The molecule has 0 fully saturated rings. The molecule has 4 nitrogen and oxygen atoms in total. The first-order valence-electron chi connectivity index (χ1n) is 18.2. The Bertz CT molecular complexity index is 2140.